The number of nitrogens with two attached hydrogens (primary N) is 1. The van der Waals surface area contributed by atoms with Crippen molar-refractivity contribution < 1.29 is 24.0 Å². The zero-order valence-electron chi connectivity index (χ0n) is 21.8. The monoisotopic (exact) mass is 523 g/mol. The van der Waals surface area contributed by atoms with Gasteiger partial charge in [0.15, 0.2) is 0 Å². The van der Waals surface area contributed by atoms with Crippen molar-refractivity contribution in [1.82, 2.24) is 10.6 Å². The van der Waals surface area contributed by atoms with E-state index in [1.54, 1.807) is 12.1 Å². The van der Waals surface area contributed by atoms with Crippen LogP contribution in [0.4, 0.5) is 0 Å². The summed E-state index contributed by atoms with van der Waals surface area (Å²) in [5.41, 5.74) is 7.79. The number of oxime groups is 1. The third-order valence-corrected chi connectivity index (χ3v) is 8.73. The Balaban J connectivity index is 1.14. The van der Waals surface area contributed by atoms with E-state index in [0.29, 0.717) is 24.2 Å². The van der Waals surface area contributed by atoms with Crippen molar-refractivity contribution in [3.05, 3.63) is 35.4 Å². The van der Waals surface area contributed by atoms with Crippen molar-refractivity contribution in [2.24, 2.45) is 34.1 Å². The van der Waals surface area contributed by atoms with Crippen LogP contribution in [0.2, 0.25) is 0 Å². The first-order valence-electron chi connectivity index (χ1n) is 13.5. The fourth-order valence-electron chi connectivity index (χ4n) is 7.37. The number of nitrogens with one attached hydrogen (secondary N) is 3. The molecule has 6 rings (SSSR count). The number of benzene rings is 1. The molecule has 1 aromatic rings. The molecule has 2 amide bonds. The number of amides is 2. The number of nitrogen functional groups attached to an aromatic ring is 1. The molecule has 5 aliphatic rings. The standard InChI is InChI=1S/C28H37N5O5/c1-37-25(35)11-23(27(36)31-15-28-12-16-6-17(13-28)8-18(7-16)14-28)32-24(34)10-21-9-22(33-38-21)19-2-4-20(5-3-19)26(29)30/h2-5,16-18,21,23H,6-15H2,1H3,(H3,29,30)(H,31,36)(H,32,34)/t16?,17?,18?,21?,23-,28?/m0/s1. The Morgan fingerprint density at radius 3 is 2.34 bits per heavy atom. The third-order valence-electron chi connectivity index (χ3n) is 8.73. The molecule has 0 saturated heterocycles. The fraction of sp³-hybridized carbons (Fsp3) is 0.607. The highest BCUT2D eigenvalue weighted by atomic mass is 16.6. The molecule has 4 fully saturated rings. The van der Waals surface area contributed by atoms with Gasteiger partial charge in [0, 0.05) is 18.5 Å². The molecule has 2 atom stereocenters. The lowest BCUT2D eigenvalue weighted by atomic mass is 9.49. The molecular formula is C28H37N5O5. The minimum Gasteiger partial charge on any atom is -0.469 e. The zero-order chi connectivity index (χ0) is 26.9. The van der Waals surface area contributed by atoms with Crippen LogP contribution in [0.1, 0.15) is 68.9 Å². The van der Waals surface area contributed by atoms with Crippen LogP contribution >= 0.6 is 0 Å². The number of carbonyl (C=O) groups excluding carboxylic acids is 3. The Labute approximate surface area is 222 Å². The van der Waals surface area contributed by atoms with Crippen LogP contribution in [0.15, 0.2) is 29.4 Å². The summed E-state index contributed by atoms with van der Waals surface area (Å²) in [7, 11) is 1.27. The number of rotatable bonds is 10. The largest absolute Gasteiger partial charge is 0.469 e. The second-order valence-corrected chi connectivity index (χ2v) is 11.7. The summed E-state index contributed by atoms with van der Waals surface area (Å²) >= 11 is 0. The minimum atomic E-state index is -1.01. The summed E-state index contributed by atoms with van der Waals surface area (Å²) < 4.78 is 4.78. The minimum absolute atomic E-state index is 0.00153. The van der Waals surface area contributed by atoms with Gasteiger partial charge in [-0.05, 0) is 67.3 Å². The number of esters is 1. The zero-order valence-corrected chi connectivity index (χ0v) is 21.8. The predicted octanol–water partition coefficient (Wildman–Crippen LogP) is 2.23. The molecule has 4 saturated carbocycles. The van der Waals surface area contributed by atoms with E-state index in [0.717, 1.165) is 42.6 Å². The lowest BCUT2D eigenvalue weighted by Crippen LogP contribution is -2.54. The number of ether oxygens (including phenoxy) is 1. The van der Waals surface area contributed by atoms with E-state index >= 15 is 0 Å². The smallest absolute Gasteiger partial charge is 0.308 e. The first-order chi connectivity index (χ1) is 18.2. The summed E-state index contributed by atoms with van der Waals surface area (Å²) in [4.78, 5) is 43.5. The van der Waals surface area contributed by atoms with Gasteiger partial charge in [-0.1, -0.05) is 29.4 Å². The van der Waals surface area contributed by atoms with Crippen molar-refractivity contribution in [3.8, 4) is 0 Å². The molecule has 4 bridgehead atoms. The average Bonchev–Trinajstić information content (AvgIpc) is 3.34. The third kappa shape index (κ3) is 5.84. The SMILES string of the molecule is COC(=O)C[C@H](NC(=O)CC1CC(c2ccc(C(=N)N)cc2)=NO1)C(=O)NCC12CC3CC(CC(C3)C1)C2. The van der Waals surface area contributed by atoms with E-state index < -0.39 is 24.0 Å². The first-order valence-corrected chi connectivity index (χ1v) is 13.5. The van der Waals surface area contributed by atoms with Crippen LogP contribution in [0.5, 0.6) is 0 Å². The molecule has 1 aromatic carbocycles. The van der Waals surface area contributed by atoms with E-state index in [4.69, 9.17) is 20.7 Å². The van der Waals surface area contributed by atoms with Gasteiger partial charge in [-0.2, -0.15) is 0 Å². The Bertz CT molecular complexity index is 1100. The Kier molecular flexibility index (Phi) is 7.40. The maximum absolute atomic E-state index is 13.2. The van der Waals surface area contributed by atoms with Gasteiger partial charge in [0.1, 0.15) is 18.0 Å². The van der Waals surface area contributed by atoms with Crippen LogP contribution in [0, 0.1) is 28.6 Å². The predicted molar refractivity (Wildman–Crippen MR) is 140 cm³/mol. The fourth-order valence-corrected chi connectivity index (χ4v) is 7.37. The number of nitrogens with zero attached hydrogens (tertiary/aromatic N) is 1. The van der Waals surface area contributed by atoms with Crippen molar-refractivity contribution in [3.63, 3.8) is 0 Å². The Morgan fingerprint density at radius 2 is 1.76 bits per heavy atom. The van der Waals surface area contributed by atoms with Gasteiger partial charge in [-0.15, -0.1) is 0 Å². The second kappa shape index (κ2) is 10.7. The maximum atomic E-state index is 13.2. The summed E-state index contributed by atoms with van der Waals surface area (Å²) in [5, 5.41) is 17.4. The van der Waals surface area contributed by atoms with Crippen molar-refractivity contribution in [2.75, 3.05) is 13.7 Å². The Morgan fingerprint density at radius 1 is 1.13 bits per heavy atom. The molecule has 38 heavy (non-hydrogen) atoms. The van der Waals surface area contributed by atoms with Crippen molar-refractivity contribution in [1.29, 1.82) is 5.41 Å². The summed E-state index contributed by atoms with van der Waals surface area (Å²) in [5.74, 6) is 1.00. The van der Waals surface area contributed by atoms with E-state index in [1.165, 1.54) is 26.4 Å². The maximum Gasteiger partial charge on any atom is 0.308 e. The molecule has 5 N–H and O–H groups in total. The molecular weight excluding hydrogens is 486 g/mol. The molecule has 10 heteroatoms. The number of hydrogen-bond donors (Lipinski definition) is 4. The number of methoxy groups -OCH3 is 1. The van der Waals surface area contributed by atoms with E-state index in [1.807, 2.05) is 12.1 Å². The molecule has 1 heterocycles. The lowest BCUT2D eigenvalue weighted by molar-refractivity contribution is -0.144. The van der Waals surface area contributed by atoms with Crippen LogP contribution in [0.25, 0.3) is 0 Å². The van der Waals surface area contributed by atoms with Gasteiger partial charge in [-0.25, -0.2) is 0 Å². The first kappa shape index (κ1) is 26.2. The van der Waals surface area contributed by atoms with Crippen LogP contribution < -0.4 is 16.4 Å². The highest BCUT2D eigenvalue weighted by molar-refractivity contribution is 6.03. The number of carbonyl (C=O) groups is 3. The molecule has 0 radical (unpaired) electrons. The molecule has 1 aliphatic heterocycles. The number of hydrogen-bond acceptors (Lipinski definition) is 7. The van der Waals surface area contributed by atoms with E-state index in [2.05, 4.69) is 15.8 Å². The summed E-state index contributed by atoms with van der Waals surface area (Å²) in [6.07, 6.45) is 7.16. The van der Waals surface area contributed by atoms with Crippen molar-refractivity contribution >= 4 is 29.3 Å². The van der Waals surface area contributed by atoms with Crippen LogP contribution in [-0.2, 0) is 24.0 Å². The highest BCUT2D eigenvalue weighted by Crippen LogP contribution is 2.59. The summed E-state index contributed by atoms with van der Waals surface area (Å²) in [6.45, 7) is 0.591. The van der Waals surface area contributed by atoms with Gasteiger partial charge in [0.05, 0.1) is 25.7 Å². The molecule has 0 spiro atoms. The molecule has 0 aromatic heterocycles. The molecule has 10 nitrogen and oxygen atoms in total. The summed E-state index contributed by atoms with van der Waals surface area (Å²) in [6, 6.07) is 6.08. The van der Waals surface area contributed by atoms with Gasteiger partial charge < -0.3 is 25.9 Å². The van der Waals surface area contributed by atoms with Crippen LogP contribution in [0.3, 0.4) is 0 Å². The number of amidine groups is 1. The quantitative estimate of drug-likeness (QED) is 0.209. The van der Waals surface area contributed by atoms with Gasteiger partial charge in [-0.3, -0.25) is 19.8 Å². The van der Waals surface area contributed by atoms with Crippen LogP contribution in [-0.4, -0.2) is 55.1 Å². The van der Waals surface area contributed by atoms with E-state index in [9.17, 15) is 14.4 Å². The highest BCUT2D eigenvalue weighted by Gasteiger charge is 2.50. The van der Waals surface area contributed by atoms with Gasteiger partial charge >= 0.3 is 5.97 Å². The van der Waals surface area contributed by atoms with Gasteiger partial charge in [0.2, 0.25) is 11.8 Å². The normalized spacial score (nSPS) is 29.7. The molecule has 4 aliphatic carbocycles. The average molecular weight is 524 g/mol. The topological polar surface area (TPSA) is 156 Å². The van der Waals surface area contributed by atoms with Crippen molar-refractivity contribution in [2.45, 2.75) is 69.9 Å². The Hall–Kier alpha value is -3.43. The molecule has 1 unspecified atom stereocenters. The lowest BCUT2D eigenvalue weighted by Gasteiger charge is -2.57. The van der Waals surface area contributed by atoms with Gasteiger partial charge in [0.25, 0.3) is 0 Å². The second-order valence-electron chi connectivity index (χ2n) is 11.7. The van der Waals surface area contributed by atoms with E-state index in [-0.39, 0.29) is 30.0 Å². The molecule has 204 valence electrons.